The van der Waals surface area contributed by atoms with E-state index in [2.05, 4.69) is 15.9 Å². The van der Waals surface area contributed by atoms with Gasteiger partial charge in [0.15, 0.2) is 4.67 Å². The number of hydrogen-bond donors (Lipinski definition) is 0. The molecular weight excluding hydrogens is 208 g/mol. The van der Waals surface area contributed by atoms with Gasteiger partial charge in [0.2, 0.25) is 0 Å². The molecule has 0 aliphatic heterocycles. The van der Waals surface area contributed by atoms with Crippen molar-refractivity contribution in [1.29, 1.82) is 0 Å². The lowest BCUT2D eigenvalue weighted by molar-refractivity contribution is -0.107. The van der Waals surface area contributed by atoms with Crippen LogP contribution in [0, 0.1) is 13.8 Å². The van der Waals surface area contributed by atoms with Gasteiger partial charge in [-0.25, -0.2) is 0 Å². The van der Waals surface area contributed by atoms with E-state index < -0.39 is 0 Å². The van der Waals surface area contributed by atoms with Gasteiger partial charge in [0, 0.05) is 17.5 Å². The minimum absolute atomic E-state index is 0.437. The highest BCUT2D eigenvalue weighted by Gasteiger charge is 2.10. The summed E-state index contributed by atoms with van der Waals surface area (Å²) in [7, 11) is 0. The Labute approximate surface area is 73.7 Å². The van der Waals surface area contributed by atoms with E-state index in [1.807, 2.05) is 13.8 Å². The topological polar surface area (TPSA) is 30.2 Å². The summed E-state index contributed by atoms with van der Waals surface area (Å²) in [4.78, 5) is 10.2. The van der Waals surface area contributed by atoms with E-state index in [0.29, 0.717) is 6.42 Å². The quantitative estimate of drug-likeness (QED) is 0.712. The van der Waals surface area contributed by atoms with Crippen LogP contribution in [0.3, 0.4) is 0 Å². The van der Waals surface area contributed by atoms with Gasteiger partial charge in [0.25, 0.3) is 0 Å². The predicted octanol–water partition coefficient (Wildman–Crippen LogP) is 2.40. The third kappa shape index (κ3) is 1.53. The fourth-order valence-electron chi connectivity index (χ4n) is 1.04. The second-order valence-corrected chi connectivity index (χ2v) is 3.13. The molecule has 3 heteroatoms. The largest absolute Gasteiger partial charge is 0.454 e. The molecule has 1 aromatic heterocycles. The number of aldehydes is 1. The molecule has 0 aliphatic rings. The summed E-state index contributed by atoms with van der Waals surface area (Å²) in [6.07, 6.45) is 1.32. The van der Waals surface area contributed by atoms with Gasteiger partial charge in [-0.15, -0.1) is 0 Å². The van der Waals surface area contributed by atoms with Gasteiger partial charge in [0.1, 0.15) is 12.0 Å². The monoisotopic (exact) mass is 216 g/mol. The third-order valence-electron chi connectivity index (χ3n) is 1.70. The molecule has 0 aliphatic carbocycles. The van der Waals surface area contributed by atoms with Gasteiger partial charge in [-0.3, -0.25) is 0 Å². The van der Waals surface area contributed by atoms with Crippen molar-refractivity contribution >= 4 is 22.2 Å². The van der Waals surface area contributed by atoms with Gasteiger partial charge in [-0.05, 0) is 29.8 Å². The smallest absolute Gasteiger partial charge is 0.172 e. The summed E-state index contributed by atoms with van der Waals surface area (Å²) in [5.41, 5.74) is 2.02. The Morgan fingerprint density at radius 3 is 2.55 bits per heavy atom. The van der Waals surface area contributed by atoms with Crippen LogP contribution in [0.15, 0.2) is 9.09 Å². The molecule has 11 heavy (non-hydrogen) atoms. The molecule has 0 bridgehead atoms. The second-order valence-electron chi connectivity index (χ2n) is 2.41. The number of halogens is 1. The SMILES string of the molecule is Cc1oc(Br)c(C)c1CC=O. The molecule has 0 aromatic carbocycles. The highest BCUT2D eigenvalue weighted by atomic mass is 79.9. The number of rotatable bonds is 2. The van der Waals surface area contributed by atoms with Crippen LogP contribution in [0.1, 0.15) is 16.9 Å². The van der Waals surface area contributed by atoms with Gasteiger partial charge in [-0.1, -0.05) is 0 Å². The van der Waals surface area contributed by atoms with Crippen LogP contribution in [-0.4, -0.2) is 6.29 Å². The van der Waals surface area contributed by atoms with Crippen molar-refractivity contribution in [1.82, 2.24) is 0 Å². The molecule has 0 radical (unpaired) electrons. The van der Waals surface area contributed by atoms with E-state index in [4.69, 9.17) is 4.42 Å². The standard InChI is InChI=1S/C8H9BrO2/c1-5-7(3-4-10)6(2)11-8(5)9/h4H,3H2,1-2H3. The van der Waals surface area contributed by atoms with Crippen molar-refractivity contribution in [3.63, 3.8) is 0 Å². The summed E-state index contributed by atoms with van der Waals surface area (Å²) in [6.45, 7) is 3.79. The fraction of sp³-hybridized carbons (Fsp3) is 0.375. The molecule has 0 saturated heterocycles. The first-order valence-electron chi connectivity index (χ1n) is 3.34. The molecular formula is C8H9BrO2. The number of carbonyl (C=O) groups excluding carboxylic acids is 1. The predicted molar refractivity (Wildman–Crippen MR) is 45.7 cm³/mol. The Morgan fingerprint density at radius 2 is 2.18 bits per heavy atom. The highest BCUT2D eigenvalue weighted by molar-refractivity contribution is 9.10. The number of hydrogen-bond acceptors (Lipinski definition) is 2. The molecule has 0 saturated carbocycles. The van der Waals surface area contributed by atoms with E-state index in [9.17, 15) is 4.79 Å². The third-order valence-corrected chi connectivity index (χ3v) is 2.46. The number of furan rings is 1. The number of aryl methyl sites for hydroxylation is 1. The summed E-state index contributed by atoms with van der Waals surface area (Å²) in [5, 5.41) is 0. The zero-order chi connectivity index (χ0) is 8.43. The maximum Gasteiger partial charge on any atom is 0.172 e. The van der Waals surface area contributed by atoms with Gasteiger partial charge >= 0.3 is 0 Å². The minimum atomic E-state index is 0.437. The molecule has 0 spiro atoms. The lowest BCUT2D eigenvalue weighted by atomic mass is 10.1. The maximum absolute atomic E-state index is 10.2. The molecule has 1 aromatic rings. The Kier molecular flexibility index (Phi) is 2.49. The highest BCUT2D eigenvalue weighted by Crippen LogP contribution is 2.25. The lowest BCUT2D eigenvalue weighted by Gasteiger charge is -1.90. The average molecular weight is 217 g/mol. The van der Waals surface area contributed by atoms with Gasteiger partial charge in [0.05, 0.1) is 0 Å². The molecule has 1 heterocycles. The summed E-state index contributed by atoms with van der Waals surface area (Å²) >= 11 is 3.25. The lowest BCUT2D eigenvalue weighted by Crippen LogP contribution is -1.87. The first-order chi connectivity index (χ1) is 5.16. The molecule has 0 atom stereocenters. The Balaban J connectivity index is 3.11. The van der Waals surface area contributed by atoms with E-state index in [0.717, 1.165) is 27.8 Å². The molecule has 0 amide bonds. The van der Waals surface area contributed by atoms with E-state index in [-0.39, 0.29) is 0 Å². The zero-order valence-electron chi connectivity index (χ0n) is 6.48. The van der Waals surface area contributed by atoms with Crippen LogP contribution in [-0.2, 0) is 11.2 Å². The van der Waals surface area contributed by atoms with Crippen molar-refractivity contribution < 1.29 is 9.21 Å². The first kappa shape index (κ1) is 8.53. The molecule has 60 valence electrons. The molecule has 0 unspecified atom stereocenters. The average Bonchev–Trinajstić information content (AvgIpc) is 2.17. The van der Waals surface area contributed by atoms with Crippen LogP contribution in [0.4, 0.5) is 0 Å². The van der Waals surface area contributed by atoms with E-state index in [1.165, 1.54) is 0 Å². The van der Waals surface area contributed by atoms with Crippen LogP contribution in [0.5, 0.6) is 0 Å². The van der Waals surface area contributed by atoms with Crippen molar-refractivity contribution in [3.05, 3.63) is 21.6 Å². The van der Waals surface area contributed by atoms with Gasteiger partial charge in [-0.2, -0.15) is 0 Å². The van der Waals surface area contributed by atoms with Gasteiger partial charge < -0.3 is 9.21 Å². The molecule has 0 fully saturated rings. The fourth-order valence-corrected chi connectivity index (χ4v) is 1.52. The van der Waals surface area contributed by atoms with Crippen molar-refractivity contribution in [2.24, 2.45) is 0 Å². The van der Waals surface area contributed by atoms with Crippen molar-refractivity contribution in [2.45, 2.75) is 20.3 Å². The summed E-state index contributed by atoms with van der Waals surface area (Å²) < 4.78 is 5.98. The van der Waals surface area contributed by atoms with Crippen molar-refractivity contribution in [2.75, 3.05) is 0 Å². The second kappa shape index (κ2) is 3.22. The molecule has 0 N–H and O–H groups in total. The summed E-state index contributed by atoms with van der Waals surface area (Å²) in [5.74, 6) is 0.821. The van der Waals surface area contributed by atoms with E-state index in [1.54, 1.807) is 0 Å². The van der Waals surface area contributed by atoms with E-state index >= 15 is 0 Å². The Hall–Kier alpha value is -0.570. The van der Waals surface area contributed by atoms with Crippen LogP contribution < -0.4 is 0 Å². The summed E-state index contributed by atoms with van der Waals surface area (Å²) in [6, 6.07) is 0. The zero-order valence-corrected chi connectivity index (χ0v) is 8.06. The van der Waals surface area contributed by atoms with Crippen LogP contribution >= 0.6 is 15.9 Å². The van der Waals surface area contributed by atoms with Crippen molar-refractivity contribution in [3.8, 4) is 0 Å². The minimum Gasteiger partial charge on any atom is -0.454 e. The normalized spacial score (nSPS) is 10.1. The van der Waals surface area contributed by atoms with Crippen LogP contribution in [0.25, 0.3) is 0 Å². The Bertz CT molecular complexity index is 276. The maximum atomic E-state index is 10.2. The van der Waals surface area contributed by atoms with Crippen LogP contribution in [0.2, 0.25) is 0 Å². The molecule has 1 rings (SSSR count). The first-order valence-corrected chi connectivity index (χ1v) is 4.14. The number of carbonyl (C=O) groups is 1. The molecule has 2 nitrogen and oxygen atoms in total. The Morgan fingerprint density at radius 1 is 1.55 bits per heavy atom.